The average Bonchev–Trinajstić information content (AvgIpc) is 3.08. The van der Waals surface area contributed by atoms with Crippen LogP contribution in [0.1, 0.15) is 22.5 Å². The molecule has 0 saturated carbocycles. The van der Waals surface area contributed by atoms with Crippen LogP contribution in [0.5, 0.6) is 5.75 Å². The van der Waals surface area contributed by atoms with Crippen molar-refractivity contribution in [3.63, 3.8) is 0 Å². The number of thioether (sulfide) groups is 1. The summed E-state index contributed by atoms with van der Waals surface area (Å²) in [4.78, 5) is 21.3. The molecule has 0 spiro atoms. The number of para-hydroxylation sites is 1. The summed E-state index contributed by atoms with van der Waals surface area (Å²) in [5.41, 5.74) is 3.66. The van der Waals surface area contributed by atoms with Gasteiger partial charge in [-0.15, -0.1) is 5.10 Å². The lowest BCUT2D eigenvalue weighted by atomic mass is 10.1. The van der Waals surface area contributed by atoms with E-state index in [4.69, 9.17) is 4.74 Å². The summed E-state index contributed by atoms with van der Waals surface area (Å²) in [6.45, 7) is 4.39. The van der Waals surface area contributed by atoms with Crippen molar-refractivity contribution >= 4 is 23.4 Å². The Hall–Kier alpha value is -2.61. The van der Waals surface area contributed by atoms with Gasteiger partial charge in [0, 0.05) is 23.5 Å². The number of carbonyl (C=O) groups excluding carboxylic acids is 1. The summed E-state index contributed by atoms with van der Waals surface area (Å²) in [5, 5.41) is 8.07. The Morgan fingerprint density at radius 2 is 2.04 bits per heavy atom. The molecule has 1 amide bonds. The maximum absolute atomic E-state index is 12.4. The minimum absolute atomic E-state index is 0.0394. The molecule has 0 saturated heterocycles. The van der Waals surface area contributed by atoms with Gasteiger partial charge in [-0.05, 0) is 38.2 Å². The summed E-state index contributed by atoms with van der Waals surface area (Å²) >= 11 is 1.47. The number of methoxy groups -OCH3 is 1. The molecule has 3 rings (SSSR count). The van der Waals surface area contributed by atoms with Crippen molar-refractivity contribution in [3.05, 3.63) is 46.8 Å². The number of hydrogen-bond acceptors (Lipinski definition) is 6. The zero-order valence-corrected chi connectivity index (χ0v) is 16.8. The summed E-state index contributed by atoms with van der Waals surface area (Å²) in [7, 11) is 1.65. The highest BCUT2D eigenvalue weighted by Gasteiger charge is 2.16. The highest BCUT2D eigenvalue weighted by molar-refractivity contribution is 7.98. The Morgan fingerprint density at radius 3 is 2.78 bits per heavy atom. The van der Waals surface area contributed by atoms with E-state index in [1.807, 2.05) is 44.4 Å². The van der Waals surface area contributed by atoms with Crippen molar-refractivity contribution in [3.8, 4) is 5.75 Å². The van der Waals surface area contributed by atoms with Gasteiger partial charge in [0.2, 0.25) is 11.1 Å². The molecule has 3 aromatic rings. The number of hydrogen-bond donors (Lipinski definition) is 1. The van der Waals surface area contributed by atoms with E-state index in [9.17, 15) is 4.79 Å². The Bertz CT molecular complexity index is 970. The number of nitrogens with one attached hydrogen (secondary N) is 1. The topological polar surface area (TPSA) is 81.4 Å². The van der Waals surface area contributed by atoms with Crippen molar-refractivity contribution in [2.24, 2.45) is 0 Å². The van der Waals surface area contributed by atoms with E-state index in [1.54, 1.807) is 11.6 Å². The second-order valence-electron chi connectivity index (χ2n) is 6.16. The molecule has 7 nitrogen and oxygen atoms in total. The number of aryl methyl sites for hydroxylation is 2. The van der Waals surface area contributed by atoms with E-state index in [1.165, 1.54) is 11.8 Å². The lowest BCUT2D eigenvalue weighted by Crippen LogP contribution is -2.28. The van der Waals surface area contributed by atoms with E-state index in [-0.39, 0.29) is 12.3 Å². The zero-order valence-electron chi connectivity index (χ0n) is 15.9. The molecule has 0 unspecified atom stereocenters. The van der Waals surface area contributed by atoms with Gasteiger partial charge in [-0.25, -0.2) is 9.50 Å². The van der Waals surface area contributed by atoms with Crippen molar-refractivity contribution in [1.82, 2.24) is 24.9 Å². The molecule has 0 aliphatic rings. The van der Waals surface area contributed by atoms with Gasteiger partial charge in [0.05, 0.1) is 13.5 Å². The van der Waals surface area contributed by atoms with Gasteiger partial charge in [0.1, 0.15) is 5.75 Å². The number of rotatable bonds is 7. The average molecular weight is 385 g/mol. The fourth-order valence-corrected chi connectivity index (χ4v) is 3.34. The number of amides is 1. The van der Waals surface area contributed by atoms with Gasteiger partial charge in [-0.1, -0.05) is 30.0 Å². The van der Waals surface area contributed by atoms with E-state index >= 15 is 0 Å². The first kappa shape index (κ1) is 19.2. The Labute approximate surface area is 162 Å². The van der Waals surface area contributed by atoms with Crippen molar-refractivity contribution < 1.29 is 9.53 Å². The third kappa shape index (κ3) is 4.21. The number of nitrogens with zero attached hydrogens (tertiary/aromatic N) is 4. The third-order valence-corrected chi connectivity index (χ3v) is 5.00. The molecule has 1 N–H and O–H groups in total. The standard InChI is InChI=1S/C19H23N5O2S/c1-12-15(13(2)24-18(21-12)22-19(23-24)27-4)11-17(25)20-10-9-14-7-5-6-8-16(14)26-3/h5-8H,9-11H2,1-4H3,(H,20,25). The zero-order chi connectivity index (χ0) is 19.4. The van der Waals surface area contributed by atoms with Crippen LogP contribution >= 0.6 is 11.8 Å². The summed E-state index contributed by atoms with van der Waals surface area (Å²) in [5.74, 6) is 1.36. The van der Waals surface area contributed by atoms with Gasteiger partial charge >= 0.3 is 0 Å². The highest BCUT2D eigenvalue weighted by Crippen LogP contribution is 2.18. The second kappa shape index (κ2) is 8.39. The first-order valence-electron chi connectivity index (χ1n) is 8.69. The van der Waals surface area contributed by atoms with E-state index in [0.29, 0.717) is 23.9 Å². The highest BCUT2D eigenvalue weighted by atomic mass is 32.2. The molecular weight excluding hydrogens is 362 g/mol. The normalized spacial score (nSPS) is 11.0. The third-order valence-electron chi connectivity index (χ3n) is 4.46. The van der Waals surface area contributed by atoms with Gasteiger partial charge in [0.25, 0.3) is 5.78 Å². The molecule has 2 heterocycles. The molecule has 27 heavy (non-hydrogen) atoms. The van der Waals surface area contributed by atoms with Crippen molar-refractivity contribution in [2.75, 3.05) is 19.9 Å². The second-order valence-corrected chi connectivity index (χ2v) is 6.93. The van der Waals surface area contributed by atoms with Crippen molar-refractivity contribution in [2.45, 2.75) is 31.8 Å². The van der Waals surface area contributed by atoms with Crippen LogP contribution in [0.3, 0.4) is 0 Å². The Balaban J connectivity index is 1.67. The van der Waals surface area contributed by atoms with Gasteiger partial charge in [-0.2, -0.15) is 4.98 Å². The lowest BCUT2D eigenvalue weighted by molar-refractivity contribution is -0.120. The fraction of sp³-hybridized carbons (Fsp3) is 0.368. The molecule has 2 aromatic heterocycles. The Kier molecular flexibility index (Phi) is 5.95. The molecule has 0 aliphatic carbocycles. The number of ether oxygens (including phenoxy) is 1. The molecular formula is C19H23N5O2S. The van der Waals surface area contributed by atoms with Gasteiger partial charge in [-0.3, -0.25) is 4.79 Å². The first-order valence-corrected chi connectivity index (χ1v) is 9.91. The summed E-state index contributed by atoms with van der Waals surface area (Å²) in [6, 6.07) is 7.83. The predicted octanol–water partition coefficient (Wildman–Crippen LogP) is 2.37. The van der Waals surface area contributed by atoms with Gasteiger partial charge < -0.3 is 10.1 Å². The van der Waals surface area contributed by atoms with Gasteiger partial charge in [0.15, 0.2) is 0 Å². The number of fused-ring (bicyclic) bond motifs is 1. The molecule has 0 bridgehead atoms. The minimum atomic E-state index is -0.0394. The maximum atomic E-state index is 12.4. The number of benzene rings is 1. The van der Waals surface area contributed by atoms with E-state index < -0.39 is 0 Å². The lowest BCUT2D eigenvalue weighted by Gasteiger charge is -2.11. The largest absolute Gasteiger partial charge is 0.496 e. The molecule has 142 valence electrons. The molecule has 1 aromatic carbocycles. The first-order chi connectivity index (χ1) is 13.0. The molecule has 0 fully saturated rings. The molecule has 0 atom stereocenters. The van der Waals surface area contributed by atoms with Crippen LogP contribution in [0.25, 0.3) is 5.78 Å². The summed E-state index contributed by atoms with van der Waals surface area (Å²) in [6.07, 6.45) is 2.90. The van der Waals surface area contributed by atoms with Crippen LogP contribution < -0.4 is 10.1 Å². The number of aromatic nitrogens is 4. The smallest absolute Gasteiger partial charge is 0.253 e. The monoisotopic (exact) mass is 385 g/mol. The van der Waals surface area contributed by atoms with Crippen LogP contribution in [-0.2, 0) is 17.6 Å². The van der Waals surface area contributed by atoms with Crippen LogP contribution in [0.4, 0.5) is 0 Å². The maximum Gasteiger partial charge on any atom is 0.253 e. The van der Waals surface area contributed by atoms with E-state index in [2.05, 4.69) is 20.4 Å². The molecule has 8 heteroatoms. The molecule has 0 radical (unpaired) electrons. The molecule has 0 aliphatic heterocycles. The number of carbonyl (C=O) groups is 1. The minimum Gasteiger partial charge on any atom is -0.496 e. The SMILES string of the molecule is COc1ccccc1CCNC(=O)Cc1c(C)nc2nc(SC)nn2c1C. The van der Waals surface area contributed by atoms with Crippen LogP contribution in [0.15, 0.2) is 29.4 Å². The predicted molar refractivity (Wildman–Crippen MR) is 105 cm³/mol. The van der Waals surface area contributed by atoms with Crippen LogP contribution in [-0.4, -0.2) is 45.4 Å². The van der Waals surface area contributed by atoms with Crippen LogP contribution in [0, 0.1) is 13.8 Å². The quantitative estimate of drug-likeness (QED) is 0.629. The van der Waals surface area contributed by atoms with Crippen molar-refractivity contribution in [1.29, 1.82) is 0 Å². The van der Waals surface area contributed by atoms with Crippen LogP contribution in [0.2, 0.25) is 0 Å². The fourth-order valence-electron chi connectivity index (χ4n) is 3.00. The Morgan fingerprint density at radius 1 is 1.26 bits per heavy atom. The summed E-state index contributed by atoms with van der Waals surface area (Å²) < 4.78 is 7.05. The van der Waals surface area contributed by atoms with E-state index in [0.717, 1.165) is 28.3 Å².